The second-order valence-electron chi connectivity index (χ2n) is 7.97. The Morgan fingerprint density at radius 1 is 0.824 bits per heavy atom. The van der Waals surface area contributed by atoms with Crippen LogP contribution in [0.15, 0.2) is 78.9 Å². The number of nitrogens with one attached hydrogen (secondary N) is 2. The zero-order chi connectivity index (χ0) is 24.2. The molecule has 1 amide bonds. The van der Waals surface area contributed by atoms with E-state index >= 15 is 0 Å². The molecule has 3 aromatic carbocycles. The standard InChI is InChI=1S/C27H30N2O4S/c1-20(2)15-16-31-23-12-8-9-21(19-23)26(30)29-27(34)28-24-13-6-7-14-25(24)33-18-17-32-22-10-4-3-5-11-22/h3-14,19-20H,15-18H2,1-2H3,(H2,28,29,30,34). The van der Waals surface area contributed by atoms with Crippen molar-refractivity contribution in [3.05, 3.63) is 84.4 Å². The number of thiocarbonyl (C=S) groups is 1. The second kappa shape index (κ2) is 13.2. The molecule has 0 spiro atoms. The van der Waals surface area contributed by atoms with Gasteiger partial charge in [-0.25, -0.2) is 0 Å². The maximum Gasteiger partial charge on any atom is 0.257 e. The van der Waals surface area contributed by atoms with E-state index in [1.165, 1.54) is 0 Å². The number of carbonyl (C=O) groups excluding carboxylic acids is 1. The van der Waals surface area contributed by atoms with Crippen LogP contribution in [-0.4, -0.2) is 30.8 Å². The van der Waals surface area contributed by atoms with Crippen LogP contribution in [0.4, 0.5) is 5.69 Å². The van der Waals surface area contributed by atoms with Crippen molar-refractivity contribution in [3.63, 3.8) is 0 Å². The smallest absolute Gasteiger partial charge is 0.257 e. The largest absolute Gasteiger partial charge is 0.494 e. The molecule has 0 fully saturated rings. The van der Waals surface area contributed by atoms with Gasteiger partial charge in [0.25, 0.3) is 5.91 Å². The number of benzene rings is 3. The highest BCUT2D eigenvalue weighted by Gasteiger charge is 2.11. The maximum atomic E-state index is 12.7. The molecule has 0 aliphatic heterocycles. The lowest BCUT2D eigenvalue weighted by Gasteiger charge is -2.15. The maximum absolute atomic E-state index is 12.7. The van der Waals surface area contributed by atoms with E-state index in [1.54, 1.807) is 18.2 Å². The number of hydrogen-bond donors (Lipinski definition) is 2. The molecule has 0 radical (unpaired) electrons. The van der Waals surface area contributed by atoms with Crippen LogP contribution in [-0.2, 0) is 0 Å². The van der Waals surface area contributed by atoms with Gasteiger partial charge in [-0.15, -0.1) is 0 Å². The van der Waals surface area contributed by atoms with Crippen LogP contribution in [0.25, 0.3) is 0 Å². The van der Waals surface area contributed by atoms with Crippen molar-refractivity contribution in [1.29, 1.82) is 0 Å². The van der Waals surface area contributed by atoms with Gasteiger partial charge in [0.15, 0.2) is 5.11 Å². The van der Waals surface area contributed by atoms with Crippen molar-refractivity contribution in [2.75, 3.05) is 25.1 Å². The zero-order valence-electron chi connectivity index (χ0n) is 19.5. The van der Waals surface area contributed by atoms with Gasteiger partial charge in [0, 0.05) is 5.56 Å². The van der Waals surface area contributed by atoms with E-state index in [0.717, 1.165) is 12.2 Å². The number of amides is 1. The van der Waals surface area contributed by atoms with Gasteiger partial charge in [-0.2, -0.15) is 0 Å². The molecule has 3 rings (SSSR count). The first-order valence-corrected chi connectivity index (χ1v) is 11.7. The van der Waals surface area contributed by atoms with Crippen LogP contribution in [0.2, 0.25) is 0 Å². The van der Waals surface area contributed by atoms with E-state index in [0.29, 0.717) is 48.5 Å². The minimum atomic E-state index is -0.318. The van der Waals surface area contributed by atoms with Crippen molar-refractivity contribution in [2.24, 2.45) is 5.92 Å². The molecular formula is C27H30N2O4S. The molecule has 0 heterocycles. The first-order chi connectivity index (χ1) is 16.5. The Bertz CT molecular complexity index is 1070. The quantitative estimate of drug-likeness (QED) is 0.272. The van der Waals surface area contributed by atoms with E-state index in [2.05, 4.69) is 24.5 Å². The molecule has 0 saturated heterocycles. The molecule has 6 nitrogen and oxygen atoms in total. The summed E-state index contributed by atoms with van der Waals surface area (Å²) in [7, 11) is 0. The molecule has 0 aliphatic carbocycles. The molecule has 178 valence electrons. The van der Waals surface area contributed by atoms with Crippen LogP contribution < -0.4 is 24.8 Å². The molecular weight excluding hydrogens is 448 g/mol. The molecule has 3 aromatic rings. The van der Waals surface area contributed by atoms with Crippen LogP contribution in [0.1, 0.15) is 30.6 Å². The van der Waals surface area contributed by atoms with Gasteiger partial charge in [-0.3, -0.25) is 10.1 Å². The van der Waals surface area contributed by atoms with Gasteiger partial charge in [0.1, 0.15) is 30.5 Å². The third-order valence-electron chi connectivity index (χ3n) is 4.78. The van der Waals surface area contributed by atoms with E-state index in [1.807, 2.05) is 60.7 Å². The van der Waals surface area contributed by atoms with Crippen molar-refractivity contribution >= 4 is 28.9 Å². The Balaban J connectivity index is 1.50. The average Bonchev–Trinajstić information content (AvgIpc) is 2.83. The fourth-order valence-corrected chi connectivity index (χ4v) is 3.19. The van der Waals surface area contributed by atoms with E-state index in [4.69, 9.17) is 26.4 Å². The van der Waals surface area contributed by atoms with Crippen LogP contribution in [0.5, 0.6) is 17.2 Å². The van der Waals surface area contributed by atoms with E-state index in [-0.39, 0.29) is 11.0 Å². The first-order valence-electron chi connectivity index (χ1n) is 11.3. The lowest BCUT2D eigenvalue weighted by Crippen LogP contribution is -2.34. The Kier molecular flexibility index (Phi) is 9.73. The molecule has 0 saturated carbocycles. The number of ether oxygens (including phenoxy) is 3. The number of rotatable bonds is 11. The van der Waals surface area contributed by atoms with E-state index < -0.39 is 0 Å². The lowest BCUT2D eigenvalue weighted by atomic mass is 10.1. The SMILES string of the molecule is CC(C)CCOc1cccc(C(=O)NC(=S)Nc2ccccc2OCCOc2ccccc2)c1. The number of para-hydroxylation sites is 3. The number of carbonyl (C=O) groups is 1. The lowest BCUT2D eigenvalue weighted by molar-refractivity contribution is 0.0977. The molecule has 0 aliphatic rings. The molecule has 2 N–H and O–H groups in total. The minimum absolute atomic E-state index is 0.174. The van der Waals surface area contributed by atoms with Gasteiger partial charge in [0.05, 0.1) is 12.3 Å². The van der Waals surface area contributed by atoms with Crippen molar-refractivity contribution in [2.45, 2.75) is 20.3 Å². The highest BCUT2D eigenvalue weighted by atomic mass is 32.1. The second-order valence-corrected chi connectivity index (χ2v) is 8.38. The molecule has 0 bridgehead atoms. The van der Waals surface area contributed by atoms with Crippen molar-refractivity contribution in [3.8, 4) is 17.2 Å². The summed E-state index contributed by atoms with van der Waals surface area (Å²) in [6.07, 6.45) is 0.949. The number of anilines is 1. The minimum Gasteiger partial charge on any atom is -0.494 e. The average molecular weight is 479 g/mol. The summed E-state index contributed by atoms with van der Waals surface area (Å²) in [5.41, 5.74) is 1.12. The normalized spacial score (nSPS) is 10.4. The van der Waals surface area contributed by atoms with Gasteiger partial charge in [-0.1, -0.05) is 50.2 Å². The summed E-state index contributed by atoms with van der Waals surface area (Å²) < 4.78 is 17.2. The molecule has 7 heteroatoms. The van der Waals surface area contributed by atoms with Crippen molar-refractivity contribution in [1.82, 2.24) is 5.32 Å². The number of hydrogen-bond acceptors (Lipinski definition) is 5. The third-order valence-corrected chi connectivity index (χ3v) is 4.98. The molecule has 34 heavy (non-hydrogen) atoms. The fourth-order valence-electron chi connectivity index (χ4n) is 2.99. The highest BCUT2D eigenvalue weighted by molar-refractivity contribution is 7.80. The van der Waals surface area contributed by atoms with Crippen LogP contribution in [0.3, 0.4) is 0 Å². The van der Waals surface area contributed by atoms with Crippen LogP contribution in [0, 0.1) is 5.92 Å². The summed E-state index contributed by atoms with van der Waals surface area (Å²) >= 11 is 5.35. The van der Waals surface area contributed by atoms with Gasteiger partial charge >= 0.3 is 0 Å². The highest BCUT2D eigenvalue weighted by Crippen LogP contribution is 2.24. The Labute approximate surface area is 206 Å². The van der Waals surface area contributed by atoms with Gasteiger partial charge in [-0.05, 0) is 67.0 Å². The van der Waals surface area contributed by atoms with Crippen molar-refractivity contribution < 1.29 is 19.0 Å². The zero-order valence-corrected chi connectivity index (χ0v) is 20.3. The summed E-state index contributed by atoms with van der Waals surface area (Å²) in [6, 6.07) is 24.0. The van der Waals surface area contributed by atoms with Gasteiger partial charge < -0.3 is 19.5 Å². The summed E-state index contributed by atoms with van der Waals surface area (Å²) in [5.74, 6) is 2.29. The first kappa shape index (κ1) is 25.1. The van der Waals surface area contributed by atoms with E-state index in [9.17, 15) is 4.79 Å². The summed E-state index contributed by atoms with van der Waals surface area (Å²) in [5, 5.41) is 5.92. The molecule has 0 atom stereocenters. The Morgan fingerprint density at radius 3 is 2.29 bits per heavy atom. The van der Waals surface area contributed by atoms with Gasteiger partial charge in [0.2, 0.25) is 0 Å². The summed E-state index contributed by atoms with van der Waals surface area (Å²) in [6.45, 7) is 5.65. The Morgan fingerprint density at radius 2 is 1.50 bits per heavy atom. The molecule has 0 aromatic heterocycles. The Hall–Kier alpha value is -3.58. The predicted octanol–water partition coefficient (Wildman–Crippen LogP) is 5.70. The topological polar surface area (TPSA) is 68.8 Å². The summed E-state index contributed by atoms with van der Waals surface area (Å²) in [4.78, 5) is 12.7. The molecule has 0 unspecified atom stereocenters. The third kappa shape index (κ3) is 8.41. The monoisotopic (exact) mass is 478 g/mol. The van der Waals surface area contributed by atoms with Crippen LogP contribution >= 0.6 is 12.2 Å². The predicted molar refractivity (Wildman–Crippen MR) is 139 cm³/mol. The fraction of sp³-hybridized carbons (Fsp3) is 0.259.